The first-order chi connectivity index (χ1) is 6.56. The Morgan fingerprint density at radius 2 is 2.07 bits per heavy atom. The lowest BCUT2D eigenvalue weighted by Gasteiger charge is -2.15. The van der Waals surface area contributed by atoms with Crippen LogP contribution in [0.4, 0.5) is 11.4 Å². The van der Waals surface area contributed by atoms with E-state index >= 15 is 0 Å². The molecule has 2 N–H and O–H groups in total. The third-order valence-corrected chi connectivity index (χ3v) is 2.15. The summed E-state index contributed by atoms with van der Waals surface area (Å²) in [6.07, 6.45) is 0.515. The molecule has 1 rings (SSSR count). The number of carbonyl (C=O) groups excluding carboxylic acids is 1. The highest BCUT2D eigenvalue weighted by Gasteiger charge is 2.06. The van der Waals surface area contributed by atoms with E-state index in [1.807, 2.05) is 38.1 Å². The lowest BCUT2D eigenvalue weighted by Crippen LogP contribution is -2.11. The summed E-state index contributed by atoms with van der Waals surface area (Å²) in [5.41, 5.74) is 8.10. The van der Waals surface area contributed by atoms with E-state index in [4.69, 9.17) is 5.73 Å². The first kappa shape index (κ1) is 10.6. The minimum absolute atomic E-state index is 0.127. The zero-order chi connectivity index (χ0) is 10.7. The van der Waals surface area contributed by atoms with Gasteiger partial charge in [-0.3, -0.25) is 4.79 Å². The van der Waals surface area contributed by atoms with E-state index in [1.54, 1.807) is 6.07 Å². The van der Waals surface area contributed by atoms with Crippen molar-refractivity contribution in [3.63, 3.8) is 0 Å². The molecule has 76 valence electrons. The number of nitrogens with two attached hydrogens (primary N) is 1. The second kappa shape index (κ2) is 4.13. The van der Waals surface area contributed by atoms with E-state index in [2.05, 4.69) is 0 Å². The molecule has 0 bridgehead atoms. The first-order valence-electron chi connectivity index (χ1n) is 4.66. The number of carbonyl (C=O) groups is 1. The Kier molecular flexibility index (Phi) is 3.12. The number of hydrogen-bond acceptors (Lipinski definition) is 3. The van der Waals surface area contributed by atoms with Gasteiger partial charge in [-0.1, -0.05) is 6.92 Å². The van der Waals surface area contributed by atoms with Crippen molar-refractivity contribution in [1.82, 2.24) is 0 Å². The number of nitrogen functional groups attached to an aromatic ring is 1. The third kappa shape index (κ3) is 2.05. The smallest absolute Gasteiger partial charge is 0.162 e. The molecule has 3 heteroatoms. The normalized spacial score (nSPS) is 9.93. The van der Waals surface area contributed by atoms with Crippen LogP contribution in [0, 0.1) is 0 Å². The van der Waals surface area contributed by atoms with Gasteiger partial charge in [0.1, 0.15) is 0 Å². The molecular formula is C11H16N2O. The molecule has 3 nitrogen and oxygen atoms in total. The fourth-order valence-corrected chi connectivity index (χ4v) is 1.34. The molecule has 0 saturated carbocycles. The van der Waals surface area contributed by atoms with Crippen LogP contribution in [-0.2, 0) is 0 Å². The van der Waals surface area contributed by atoms with Gasteiger partial charge in [-0.25, -0.2) is 0 Å². The summed E-state index contributed by atoms with van der Waals surface area (Å²) < 4.78 is 0. The van der Waals surface area contributed by atoms with Crippen molar-refractivity contribution in [1.29, 1.82) is 0 Å². The van der Waals surface area contributed by atoms with Gasteiger partial charge in [-0.2, -0.15) is 0 Å². The van der Waals surface area contributed by atoms with Crippen LogP contribution in [0.3, 0.4) is 0 Å². The third-order valence-electron chi connectivity index (χ3n) is 2.15. The van der Waals surface area contributed by atoms with Crippen molar-refractivity contribution in [2.75, 3.05) is 24.7 Å². The summed E-state index contributed by atoms with van der Waals surface area (Å²) in [4.78, 5) is 13.3. The van der Waals surface area contributed by atoms with Gasteiger partial charge in [0.15, 0.2) is 5.78 Å². The Balaban J connectivity index is 3.06. The molecular weight excluding hydrogens is 176 g/mol. The molecule has 0 aliphatic carbocycles. The molecule has 1 aromatic carbocycles. The fourth-order valence-electron chi connectivity index (χ4n) is 1.34. The number of benzene rings is 1. The minimum Gasteiger partial charge on any atom is -0.397 e. The average molecular weight is 192 g/mol. The van der Waals surface area contributed by atoms with E-state index in [-0.39, 0.29) is 5.78 Å². The lowest BCUT2D eigenvalue weighted by atomic mass is 10.1. The summed E-state index contributed by atoms with van der Waals surface area (Å²) in [7, 11) is 3.85. The summed E-state index contributed by atoms with van der Waals surface area (Å²) in [5.74, 6) is 0.127. The van der Waals surface area contributed by atoms with Gasteiger partial charge in [0.25, 0.3) is 0 Å². The molecule has 0 atom stereocenters. The molecule has 0 heterocycles. The molecule has 0 aliphatic rings. The summed E-state index contributed by atoms with van der Waals surface area (Å²) >= 11 is 0. The monoisotopic (exact) mass is 192 g/mol. The van der Waals surface area contributed by atoms with Crippen LogP contribution < -0.4 is 10.6 Å². The standard InChI is InChI=1S/C11H16N2O/c1-4-11(14)8-5-6-10(13(2)3)9(12)7-8/h5-7H,4,12H2,1-3H3. The van der Waals surface area contributed by atoms with Crippen molar-refractivity contribution in [3.8, 4) is 0 Å². The number of anilines is 2. The van der Waals surface area contributed by atoms with Crippen molar-refractivity contribution >= 4 is 17.2 Å². The largest absolute Gasteiger partial charge is 0.397 e. The van der Waals surface area contributed by atoms with Crippen LogP contribution in [0.2, 0.25) is 0 Å². The molecule has 0 fully saturated rings. The molecule has 0 aliphatic heterocycles. The second-order valence-electron chi connectivity index (χ2n) is 3.44. The highest BCUT2D eigenvalue weighted by molar-refractivity contribution is 5.97. The maximum absolute atomic E-state index is 11.4. The van der Waals surface area contributed by atoms with Gasteiger partial charge in [-0.05, 0) is 18.2 Å². The van der Waals surface area contributed by atoms with Crippen molar-refractivity contribution in [3.05, 3.63) is 23.8 Å². The van der Waals surface area contributed by atoms with Crippen molar-refractivity contribution in [2.24, 2.45) is 0 Å². The van der Waals surface area contributed by atoms with Crippen LogP contribution in [0.5, 0.6) is 0 Å². The van der Waals surface area contributed by atoms with E-state index in [1.165, 1.54) is 0 Å². The Labute approximate surface area is 84.5 Å². The minimum atomic E-state index is 0.127. The van der Waals surface area contributed by atoms with Gasteiger partial charge >= 0.3 is 0 Å². The summed E-state index contributed by atoms with van der Waals surface area (Å²) in [6, 6.07) is 5.43. The van der Waals surface area contributed by atoms with Gasteiger partial charge < -0.3 is 10.6 Å². The fraction of sp³-hybridized carbons (Fsp3) is 0.364. The topological polar surface area (TPSA) is 46.3 Å². The molecule has 0 spiro atoms. The van der Waals surface area contributed by atoms with Crippen LogP contribution in [0.15, 0.2) is 18.2 Å². The zero-order valence-electron chi connectivity index (χ0n) is 8.87. The summed E-state index contributed by atoms with van der Waals surface area (Å²) in [5, 5.41) is 0. The van der Waals surface area contributed by atoms with E-state index < -0.39 is 0 Å². The number of ketones is 1. The Morgan fingerprint density at radius 1 is 1.43 bits per heavy atom. The first-order valence-corrected chi connectivity index (χ1v) is 4.66. The Bertz CT molecular complexity index is 345. The molecule has 0 radical (unpaired) electrons. The number of rotatable bonds is 3. The van der Waals surface area contributed by atoms with Crippen LogP contribution >= 0.6 is 0 Å². The number of hydrogen-bond donors (Lipinski definition) is 1. The average Bonchev–Trinajstić information content (AvgIpc) is 2.15. The Morgan fingerprint density at radius 3 is 2.50 bits per heavy atom. The van der Waals surface area contributed by atoms with Gasteiger partial charge in [0.05, 0.1) is 11.4 Å². The predicted molar refractivity (Wildman–Crippen MR) is 59.8 cm³/mol. The van der Waals surface area contributed by atoms with E-state index in [0.717, 1.165) is 5.69 Å². The van der Waals surface area contributed by atoms with Crippen LogP contribution in [0.25, 0.3) is 0 Å². The molecule has 0 unspecified atom stereocenters. The predicted octanol–water partition coefficient (Wildman–Crippen LogP) is 1.93. The maximum Gasteiger partial charge on any atom is 0.162 e. The molecule has 0 amide bonds. The Hall–Kier alpha value is -1.51. The van der Waals surface area contributed by atoms with Crippen molar-refractivity contribution in [2.45, 2.75) is 13.3 Å². The van der Waals surface area contributed by atoms with E-state index in [0.29, 0.717) is 17.7 Å². The van der Waals surface area contributed by atoms with Crippen molar-refractivity contribution < 1.29 is 4.79 Å². The molecule has 1 aromatic rings. The zero-order valence-corrected chi connectivity index (χ0v) is 8.87. The molecule has 14 heavy (non-hydrogen) atoms. The second-order valence-corrected chi connectivity index (χ2v) is 3.44. The molecule has 0 aromatic heterocycles. The van der Waals surface area contributed by atoms with E-state index in [9.17, 15) is 4.79 Å². The maximum atomic E-state index is 11.4. The van der Waals surface area contributed by atoms with Gasteiger partial charge in [0.2, 0.25) is 0 Å². The summed E-state index contributed by atoms with van der Waals surface area (Å²) in [6.45, 7) is 1.85. The van der Waals surface area contributed by atoms with Crippen LogP contribution in [0.1, 0.15) is 23.7 Å². The van der Waals surface area contributed by atoms with Crippen LogP contribution in [-0.4, -0.2) is 19.9 Å². The molecule has 0 saturated heterocycles. The quantitative estimate of drug-likeness (QED) is 0.588. The number of Topliss-reactive ketones (excluding diaryl/α,β-unsaturated/α-hetero) is 1. The van der Waals surface area contributed by atoms with Gasteiger partial charge in [0, 0.05) is 26.1 Å². The highest BCUT2D eigenvalue weighted by Crippen LogP contribution is 2.22. The number of nitrogens with zero attached hydrogens (tertiary/aromatic N) is 1. The lowest BCUT2D eigenvalue weighted by molar-refractivity contribution is 0.0988. The SMILES string of the molecule is CCC(=O)c1ccc(N(C)C)c(N)c1. The van der Waals surface area contributed by atoms with Gasteiger partial charge in [-0.15, -0.1) is 0 Å². The highest BCUT2D eigenvalue weighted by atomic mass is 16.1.